The highest BCUT2D eigenvalue weighted by Crippen LogP contribution is 2.03. The molecule has 0 aromatic heterocycles. The average Bonchev–Trinajstić information content (AvgIpc) is 2.18. The Labute approximate surface area is 84.9 Å². The topological polar surface area (TPSA) is 6.48 Å². The van der Waals surface area contributed by atoms with Gasteiger partial charge in [-0.3, -0.25) is 0 Å². The lowest BCUT2D eigenvalue weighted by atomic mass is 10.2. The van der Waals surface area contributed by atoms with Crippen LogP contribution in [0.1, 0.15) is 34.6 Å². The van der Waals surface area contributed by atoms with Crippen molar-refractivity contribution < 1.29 is 0 Å². The van der Waals surface area contributed by atoms with Crippen LogP contribution in [-0.4, -0.2) is 49.6 Å². The highest BCUT2D eigenvalue weighted by Gasteiger charge is 2.16. The van der Waals surface area contributed by atoms with Crippen LogP contribution in [0.15, 0.2) is 0 Å². The largest absolute Gasteiger partial charge is 0.304 e. The number of hydrogen-bond donors (Lipinski definition) is 0. The van der Waals surface area contributed by atoms with Gasteiger partial charge in [0.25, 0.3) is 0 Å². The van der Waals surface area contributed by atoms with Gasteiger partial charge in [0.15, 0.2) is 0 Å². The van der Waals surface area contributed by atoms with Gasteiger partial charge in [0.05, 0.1) is 0 Å². The molecular formula is C11H28N2. The predicted molar refractivity (Wildman–Crippen MR) is 62.3 cm³/mol. The molecule has 1 rings (SSSR count). The van der Waals surface area contributed by atoms with Gasteiger partial charge in [-0.25, -0.2) is 0 Å². The van der Waals surface area contributed by atoms with Gasteiger partial charge < -0.3 is 9.80 Å². The molecule has 13 heavy (non-hydrogen) atoms. The molecule has 1 aliphatic rings. The molecule has 82 valence electrons. The Hall–Kier alpha value is -0.0800. The summed E-state index contributed by atoms with van der Waals surface area (Å²) >= 11 is 0. The Balaban J connectivity index is 0. The van der Waals surface area contributed by atoms with E-state index < -0.39 is 0 Å². The van der Waals surface area contributed by atoms with Gasteiger partial charge in [-0.05, 0) is 21.0 Å². The zero-order valence-corrected chi connectivity index (χ0v) is 10.6. The summed E-state index contributed by atoms with van der Waals surface area (Å²) in [5.74, 6) is 0. The first-order valence-electron chi connectivity index (χ1n) is 5.59. The second-order valence-corrected chi connectivity index (χ2v) is 3.09. The molecule has 0 aromatic carbocycles. The van der Waals surface area contributed by atoms with Crippen LogP contribution in [0.2, 0.25) is 0 Å². The summed E-state index contributed by atoms with van der Waals surface area (Å²) in [4.78, 5) is 4.78. The van der Waals surface area contributed by atoms with E-state index in [2.05, 4.69) is 30.8 Å². The number of rotatable bonds is 0. The van der Waals surface area contributed by atoms with E-state index in [1.54, 1.807) is 0 Å². The third-order valence-corrected chi connectivity index (χ3v) is 2.16. The molecule has 2 heteroatoms. The standard InChI is InChI=1S/C7H16N2.2C2H6/c1-7-6-8(2)4-5-9(7)3;2*1-2/h7H,4-6H2,1-3H3;2*1-2H3/t7-;;/m1../s1. The summed E-state index contributed by atoms with van der Waals surface area (Å²) < 4.78 is 0. The van der Waals surface area contributed by atoms with Crippen LogP contribution in [0.5, 0.6) is 0 Å². The van der Waals surface area contributed by atoms with Crippen molar-refractivity contribution in [3.63, 3.8) is 0 Å². The molecule has 0 unspecified atom stereocenters. The molecule has 0 amide bonds. The maximum absolute atomic E-state index is 2.40. The van der Waals surface area contributed by atoms with Crippen LogP contribution >= 0.6 is 0 Å². The number of hydrogen-bond acceptors (Lipinski definition) is 2. The molecule has 0 bridgehead atoms. The van der Waals surface area contributed by atoms with Crippen molar-refractivity contribution in [3.05, 3.63) is 0 Å². The smallest absolute Gasteiger partial charge is 0.0192 e. The van der Waals surface area contributed by atoms with Crippen molar-refractivity contribution in [1.82, 2.24) is 9.80 Å². The first-order chi connectivity index (χ1) is 6.20. The van der Waals surface area contributed by atoms with Crippen LogP contribution in [0.3, 0.4) is 0 Å². The first-order valence-corrected chi connectivity index (χ1v) is 5.59. The maximum Gasteiger partial charge on any atom is 0.0192 e. The average molecular weight is 188 g/mol. The van der Waals surface area contributed by atoms with E-state index in [0.717, 1.165) is 6.04 Å². The molecular weight excluding hydrogens is 160 g/mol. The molecule has 0 saturated carbocycles. The van der Waals surface area contributed by atoms with Crippen LogP contribution < -0.4 is 0 Å². The third-order valence-electron chi connectivity index (χ3n) is 2.16. The predicted octanol–water partition coefficient (Wildman–Crippen LogP) is 2.30. The Morgan fingerprint density at radius 2 is 1.38 bits per heavy atom. The van der Waals surface area contributed by atoms with Gasteiger partial charge in [-0.1, -0.05) is 27.7 Å². The number of likely N-dealkylation sites (N-methyl/N-ethyl adjacent to an activating group) is 2. The fraction of sp³-hybridized carbons (Fsp3) is 1.00. The van der Waals surface area contributed by atoms with E-state index in [9.17, 15) is 0 Å². The highest BCUT2D eigenvalue weighted by molar-refractivity contribution is 4.73. The van der Waals surface area contributed by atoms with Crippen molar-refractivity contribution in [2.45, 2.75) is 40.7 Å². The highest BCUT2D eigenvalue weighted by atomic mass is 15.3. The molecule has 1 atom stereocenters. The van der Waals surface area contributed by atoms with Crippen molar-refractivity contribution in [2.75, 3.05) is 33.7 Å². The maximum atomic E-state index is 2.40. The van der Waals surface area contributed by atoms with Crippen molar-refractivity contribution >= 4 is 0 Å². The summed E-state index contributed by atoms with van der Waals surface area (Å²) in [5.41, 5.74) is 0. The van der Waals surface area contributed by atoms with Gasteiger partial charge in [-0.15, -0.1) is 0 Å². The molecule has 0 aliphatic carbocycles. The fourth-order valence-electron chi connectivity index (χ4n) is 1.23. The number of piperazine rings is 1. The molecule has 1 aliphatic heterocycles. The first kappa shape index (κ1) is 15.4. The molecule has 2 nitrogen and oxygen atoms in total. The van der Waals surface area contributed by atoms with E-state index in [-0.39, 0.29) is 0 Å². The van der Waals surface area contributed by atoms with E-state index in [4.69, 9.17) is 0 Å². The lowest BCUT2D eigenvalue weighted by Crippen LogP contribution is -2.48. The molecule has 1 heterocycles. The minimum atomic E-state index is 0.740. The van der Waals surface area contributed by atoms with Crippen molar-refractivity contribution in [3.8, 4) is 0 Å². The van der Waals surface area contributed by atoms with Crippen LogP contribution in [-0.2, 0) is 0 Å². The molecule has 1 fully saturated rings. The minimum Gasteiger partial charge on any atom is -0.304 e. The number of nitrogens with zero attached hydrogens (tertiary/aromatic N) is 2. The van der Waals surface area contributed by atoms with E-state index in [0.29, 0.717) is 0 Å². The van der Waals surface area contributed by atoms with Crippen LogP contribution in [0.4, 0.5) is 0 Å². The van der Waals surface area contributed by atoms with Gasteiger partial charge >= 0.3 is 0 Å². The summed E-state index contributed by atoms with van der Waals surface area (Å²) in [7, 11) is 4.38. The van der Waals surface area contributed by atoms with Gasteiger partial charge in [0.2, 0.25) is 0 Å². The van der Waals surface area contributed by atoms with Crippen molar-refractivity contribution in [1.29, 1.82) is 0 Å². The quantitative estimate of drug-likeness (QED) is 0.575. The summed E-state index contributed by atoms with van der Waals surface area (Å²) in [6.45, 7) is 13.9. The minimum absolute atomic E-state index is 0.740. The van der Waals surface area contributed by atoms with E-state index in [1.165, 1.54) is 19.6 Å². The Morgan fingerprint density at radius 1 is 0.923 bits per heavy atom. The lowest BCUT2D eigenvalue weighted by Gasteiger charge is -2.35. The van der Waals surface area contributed by atoms with Gasteiger partial charge in [-0.2, -0.15) is 0 Å². The van der Waals surface area contributed by atoms with E-state index >= 15 is 0 Å². The lowest BCUT2D eigenvalue weighted by molar-refractivity contribution is 0.125. The zero-order valence-electron chi connectivity index (χ0n) is 10.6. The Morgan fingerprint density at radius 3 is 1.69 bits per heavy atom. The third kappa shape index (κ3) is 7.03. The SMILES string of the molecule is CC.CC.C[C@@H]1CN(C)CCN1C. The van der Waals surface area contributed by atoms with Crippen LogP contribution in [0, 0.1) is 0 Å². The monoisotopic (exact) mass is 188 g/mol. The Bertz CT molecular complexity index is 94.1. The van der Waals surface area contributed by atoms with Crippen LogP contribution in [0.25, 0.3) is 0 Å². The molecule has 0 radical (unpaired) electrons. The summed E-state index contributed by atoms with van der Waals surface area (Å²) in [6, 6.07) is 0.740. The zero-order chi connectivity index (χ0) is 10.9. The van der Waals surface area contributed by atoms with Gasteiger partial charge in [0.1, 0.15) is 0 Å². The van der Waals surface area contributed by atoms with Crippen molar-refractivity contribution in [2.24, 2.45) is 0 Å². The normalized spacial score (nSPS) is 23.8. The van der Waals surface area contributed by atoms with Gasteiger partial charge in [0, 0.05) is 25.7 Å². The molecule has 0 spiro atoms. The molecule has 0 aromatic rings. The summed E-state index contributed by atoms with van der Waals surface area (Å²) in [6.07, 6.45) is 0. The second kappa shape index (κ2) is 10.0. The summed E-state index contributed by atoms with van der Waals surface area (Å²) in [5, 5.41) is 0. The molecule has 1 saturated heterocycles. The Kier molecular flexibility index (Phi) is 11.8. The molecule has 0 N–H and O–H groups in total. The fourth-order valence-corrected chi connectivity index (χ4v) is 1.23. The second-order valence-electron chi connectivity index (χ2n) is 3.09. The van der Waals surface area contributed by atoms with E-state index in [1.807, 2.05) is 27.7 Å².